The number of hydrogen-bond donors (Lipinski definition) is 1. The molecule has 0 unspecified atom stereocenters. The van der Waals surface area contributed by atoms with Crippen LogP contribution < -0.4 is 0 Å². The van der Waals surface area contributed by atoms with Crippen LogP contribution in [0.15, 0.2) is 30.9 Å². The lowest BCUT2D eigenvalue weighted by atomic mass is 9.90. The maximum atomic E-state index is 14.5. The Labute approximate surface area is 160 Å². The standard InChI is InChI=1S/C17H20F2N4OS2/c1-12(26-16(25)22-6-2-3-7-22)17(24,9-23-11-20-10-21-23)14-5-4-13(18)8-15(14)19/h4-5,8,10-12,24H,2-3,6-7,9H2,1H3/t12-,17-/m1/s1. The molecule has 0 bridgehead atoms. The van der Waals surface area contributed by atoms with Crippen molar-refractivity contribution in [3.8, 4) is 0 Å². The molecule has 2 heterocycles. The third kappa shape index (κ3) is 4.05. The minimum Gasteiger partial charge on any atom is -0.382 e. The minimum atomic E-state index is -1.64. The van der Waals surface area contributed by atoms with Crippen molar-refractivity contribution >= 4 is 28.3 Å². The number of thioether (sulfide) groups is 1. The van der Waals surface area contributed by atoms with E-state index in [0.717, 1.165) is 38.1 Å². The summed E-state index contributed by atoms with van der Waals surface area (Å²) in [6.07, 6.45) is 4.96. The SMILES string of the molecule is C[C@@H](SC(=S)N1CCCC1)[C@](O)(Cn1cncn1)c1ccc(F)cc1F. The van der Waals surface area contributed by atoms with Gasteiger partial charge in [0.1, 0.15) is 34.2 Å². The van der Waals surface area contributed by atoms with Crippen LogP contribution >= 0.6 is 24.0 Å². The number of hydrogen-bond acceptors (Lipinski definition) is 5. The zero-order chi connectivity index (χ0) is 18.7. The molecule has 1 aliphatic rings. The lowest BCUT2D eigenvalue weighted by Crippen LogP contribution is -2.42. The molecule has 1 saturated heterocycles. The zero-order valence-electron chi connectivity index (χ0n) is 14.3. The van der Waals surface area contributed by atoms with Gasteiger partial charge < -0.3 is 10.0 Å². The number of rotatable bonds is 5. The van der Waals surface area contributed by atoms with Crippen molar-refractivity contribution < 1.29 is 13.9 Å². The van der Waals surface area contributed by atoms with E-state index in [1.807, 2.05) is 0 Å². The van der Waals surface area contributed by atoms with Crippen LogP contribution in [-0.2, 0) is 12.1 Å². The number of aromatic nitrogens is 3. The second-order valence-corrected chi connectivity index (χ2v) is 8.34. The van der Waals surface area contributed by atoms with Crippen molar-refractivity contribution in [3.05, 3.63) is 48.1 Å². The summed E-state index contributed by atoms with van der Waals surface area (Å²) in [6.45, 7) is 3.55. The van der Waals surface area contributed by atoms with Crippen LogP contribution in [0.25, 0.3) is 0 Å². The van der Waals surface area contributed by atoms with Gasteiger partial charge in [0, 0.05) is 30.0 Å². The summed E-state index contributed by atoms with van der Waals surface area (Å²) in [6, 6.07) is 3.19. The Morgan fingerprint density at radius 1 is 1.38 bits per heavy atom. The smallest absolute Gasteiger partial charge is 0.137 e. The van der Waals surface area contributed by atoms with Gasteiger partial charge in [-0.2, -0.15) is 5.10 Å². The van der Waals surface area contributed by atoms with E-state index < -0.39 is 22.5 Å². The van der Waals surface area contributed by atoms with Crippen LogP contribution in [0.4, 0.5) is 8.78 Å². The van der Waals surface area contributed by atoms with E-state index in [1.165, 1.54) is 35.2 Å². The predicted molar refractivity (Wildman–Crippen MR) is 101 cm³/mol. The molecule has 0 spiro atoms. The predicted octanol–water partition coefficient (Wildman–Crippen LogP) is 2.95. The molecule has 1 aromatic carbocycles. The fourth-order valence-corrected chi connectivity index (χ4v) is 4.70. The summed E-state index contributed by atoms with van der Waals surface area (Å²) in [5.74, 6) is -1.49. The minimum absolute atomic E-state index is 0.0126. The summed E-state index contributed by atoms with van der Waals surface area (Å²) in [4.78, 5) is 5.96. The molecule has 140 valence electrons. The van der Waals surface area contributed by atoms with Crippen molar-refractivity contribution in [2.45, 2.75) is 37.2 Å². The summed E-state index contributed by atoms with van der Waals surface area (Å²) in [5, 5.41) is 15.0. The van der Waals surface area contributed by atoms with E-state index in [-0.39, 0.29) is 12.1 Å². The highest BCUT2D eigenvalue weighted by Crippen LogP contribution is 2.37. The lowest BCUT2D eigenvalue weighted by molar-refractivity contribution is 0.0135. The first-order chi connectivity index (χ1) is 12.4. The fourth-order valence-electron chi connectivity index (χ4n) is 3.06. The Balaban J connectivity index is 1.89. The van der Waals surface area contributed by atoms with Gasteiger partial charge in [-0.05, 0) is 25.8 Å². The molecular formula is C17H20F2N4OS2. The van der Waals surface area contributed by atoms with Gasteiger partial charge in [-0.25, -0.2) is 18.4 Å². The maximum Gasteiger partial charge on any atom is 0.137 e. The number of benzene rings is 1. The van der Waals surface area contributed by atoms with Crippen LogP contribution in [0, 0.1) is 11.6 Å². The van der Waals surface area contributed by atoms with E-state index in [4.69, 9.17) is 12.2 Å². The number of halogens is 2. The largest absolute Gasteiger partial charge is 0.382 e. The highest BCUT2D eigenvalue weighted by atomic mass is 32.2. The maximum absolute atomic E-state index is 14.5. The Bertz CT molecular complexity index is 768. The fraction of sp³-hybridized carbons (Fsp3) is 0.471. The quantitative estimate of drug-likeness (QED) is 0.782. The Morgan fingerprint density at radius 2 is 2.12 bits per heavy atom. The number of aliphatic hydroxyl groups is 1. The van der Waals surface area contributed by atoms with Crippen molar-refractivity contribution in [2.24, 2.45) is 0 Å². The van der Waals surface area contributed by atoms with Crippen molar-refractivity contribution in [1.82, 2.24) is 19.7 Å². The molecule has 0 radical (unpaired) electrons. The molecule has 0 saturated carbocycles. The lowest BCUT2D eigenvalue weighted by Gasteiger charge is -2.35. The average molecular weight is 399 g/mol. The van der Waals surface area contributed by atoms with E-state index in [9.17, 15) is 13.9 Å². The Hall–Kier alpha value is -1.58. The second-order valence-electron chi connectivity index (χ2n) is 6.36. The van der Waals surface area contributed by atoms with Gasteiger partial charge in [0.2, 0.25) is 0 Å². The molecule has 2 aromatic rings. The third-order valence-corrected chi connectivity index (χ3v) is 6.33. The van der Waals surface area contributed by atoms with E-state index in [2.05, 4.69) is 15.0 Å². The number of thiocarbonyl (C=S) groups is 1. The Morgan fingerprint density at radius 3 is 2.73 bits per heavy atom. The number of nitrogens with zero attached hydrogens (tertiary/aromatic N) is 4. The molecule has 2 atom stereocenters. The van der Waals surface area contributed by atoms with E-state index in [1.54, 1.807) is 6.92 Å². The summed E-state index contributed by atoms with van der Waals surface area (Å²) in [7, 11) is 0. The Kier molecular flexibility index (Phi) is 5.89. The molecular weight excluding hydrogens is 378 g/mol. The molecule has 1 aliphatic heterocycles. The topological polar surface area (TPSA) is 54.2 Å². The van der Waals surface area contributed by atoms with Gasteiger partial charge >= 0.3 is 0 Å². The summed E-state index contributed by atoms with van der Waals surface area (Å²) < 4.78 is 29.9. The zero-order valence-corrected chi connectivity index (χ0v) is 15.9. The molecule has 1 N–H and O–H groups in total. The van der Waals surface area contributed by atoms with Gasteiger partial charge in [-0.3, -0.25) is 0 Å². The molecule has 9 heteroatoms. The van der Waals surface area contributed by atoms with Gasteiger partial charge in [-0.15, -0.1) is 0 Å². The molecule has 1 fully saturated rings. The van der Waals surface area contributed by atoms with Crippen LogP contribution in [0.5, 0.6) is 0 Å². The van der Waals surface area contributed by atoms with Crippen molar-refractivity contribution in [2.75, 3.05) is 13.1 Å². The first-order valence-electron chi connectivity index (χ1n) is 8.36. The van der Waals surface area contributed by atoms with Gasteiger partial charge in [0.25, 0.3) is 0 Å². The molecule has 5 nitrogen and oxygen atoms in total. The van der Waals surface area contributed by atoms with Crippen molar-refractivity contribution in [3.63, 3.8) is 0 Å². The normalized spacial score (nSPS) is 17.9. The van der Waals surface area contributed by atoms with Gasteiger partial charge in [0.05, 0.1) is 6.54 Å². The van der Waals surface area contributed by atoms with Crippen molar-refractivity contribution in [1.29, 1.82) is 0 Å². The molecule has 1 aromatic heterocycles. The average Bonchev–Trinajstić information content (AvgIpc) is 3.28. The summed E-state index contributed by atoms with van der Waals surface area (Å²) >= 11 is 6.82. The van der Waals surface area contributed by atoms with E-state index >= 15 is 0 Å². The third-order valence-electron chi connectivity index (χ3n) is 4.58. The molecule has 0 amide bonds. The highest BCUT2D eigenvalue weighted by Gasteiger charge is 2.40. The highest BCUT2D eigenvalue weighted by molar-refractivity contribution is 8.23. The second kappa shape index (κ2) is 7.98. The van der Waals surface area contributed by atoms with Crippen LogP contribution in [0.2, 0.25) is 0 Å². The first-order valence-corrected chi connectivity index (χ1v) is 9.65. The molecule has 0 aliphatic carbocycles. The van der Waals surface area contributed by atoms with Crippen LogP contribution in [0.1, 0.15) is 25.3 Å². The van der Waals surface area contributed by atoms with Gasteiger partial charge in [0.15, 0.2) is 0 Å². The summed E-state index contributed by atoms with van der Waals surface area (Å²) in [5.41, 5.74) is -1.63. The van der Waals surface area contributed by atoms with E-state index in [0.29, 0.717) is 4.32 Å². The number of likely N-dealkylation sites (tertiary alicyclic amines) is 1. The van der Waals surface area contributed by atoms with Gasteiger partial charge in [-0.1, -0.05) is 30.0 Å². The molecule has 26 heavy (non-hydrogen) atoms. The molecule has 3 rings (SSSR count). The first kappa shape index (κ1) is 19.2. The van der Waals surface area contributed by atoms with Crippen LogP contribution in [0.3, 0.4) is 0 Å². The monoisotopic (exact) mass is 398 g/mol. The van der Waals surface area contributed by atoms with Crippen LogP contribution in [-0.4, -0.2) is 47.4 Å².